The summed E-state index contributed by atoms with van der Waals surface area (Å²) in [5, 5.41) is 9.19. The van der Waals surface area contributed by atoms with Crippen molar-refractivity contribution in [2.24, 2.45) is 17.8 Å². The van der Waals surface area contributed by atoms with E-state index in [0.29, 0.717) is 25.4 Å². The largest absolute Gasteiger partial charge is 0.478 e. The summed E-state index contributed by atoms with van der Waals surface area (Å²) in [5.74, 6) is 1.65. The Hall–Kier alpha value is -2.08. The van der Waals surface area contributed by atoms with Gasteiger partial charge in [-0.2, -0.15) is 0 Å². The number of allylic oxidation sites excluding steroid dienone is 1. The Labute approximate surface area is 214 Å². The predicted octanol–water partition coefficient (Wildman–Crippen LogP) is 6.86. The van der Waals surface area contributed by atoms with E-state index in [1.54, 1.807) is 19.2 Å². The van der Waals surface area contributed by atoms with Gasteiger partial charge in [0.05, 0.1) is 25.4 Å². The minimum absolute atomic E-state index is 0.214. The first-order valence-electron chi connectivity index (χ1n) is 12.8. The highest BCUT2D eigenvalue weighted by atomic mass is 32.1. The first kappa shape index (κ1) is 24.6. The van der Waals surface area contributed by atoms with Crippen LogP contribution in [0.3, 0.4) is 0 Å². The molecule has 0 saturated heterocycles. The number of rotatable bonds is 9. The molecule has 1 N–H and O–H groups in total. The molecule has 2 aromatic carbocycles. The van der Waals surface area contributed by atoms with E-state index in [2.05, 4.69) is 25.1 Å². The summed E-state index contributed by atoms with van der Waals surface area (Å²) < 4.78 is 11.2. The molecule has 0 spiro atoms. The van der Waals surface area contributed by atoms with Gasteiger partial charge in [0.1, 0.15) is 0 Å². The highest BCUT2D eigenvalue weighted by Gasteiger charge is 2.52. The topological polar surface area (TPSA) is 55.8 Å². The van der Waals surface area contributed by atoms with Gasteiger partial charge in [0.25, 0.3) is 0 Å². The number of benzene rings is 2. The van der Waals surface area contributed by atoms with E-state index in [4.69, 9.17) is 22.1 Å². The average Bonchev–Trinajstić information content (AvgIpc) is 2.81. The summed E-state index contributed by atoms with van der Waals surface area (Å²) in [5.41, 5.74) is 6.49. The van der Waals surface area contributed by atoms with Crippen molar-refractivity contribution in [1.82, 2.24) is 0 Å². The minimum Gasteiger partial charge on any atom is -0.478 e. The lowest BCUT2D eigenvalue weighted by molar-refractivity contribution is -0.00816. The second-order valence-electron chi connectivity index (χ2n) is 11.0. The van der Waals surface area contributed by atoms with E-state index in [1.807, 2.05) is 12.1 Å². The molecule has 0 unspecified atom stereocenters. The Balaban J connectivity index is 1.52. The number of carboxylic acid groups (broad SMARTS) is 1. The molecule has 0 aliphatic heterocycles. The van der Waals surface area contributed by atoms with E-state index in [9.17, 15) is 9.90 Å². The lowest BCUT2D eigenvalue weighted by Gasteiger charge is -2.57. The van der Waals surface area contributed by atoms with Crippen molar-refractivity contribution in [2.75, 3.05) is 20.3 Å². The lowest BCUT2D eigenvalue weighted by Crippen LogP contribution is -2.49. The van der Waals surface area contributed by atoms with Crippen molar-refractivity contribution in [2.45, 2.75) is 62.4 Å². The smallest absolute Gasteiger partial charge is 0.335 e. The summed E-state index contributed by atoms with van der Waals surface area (Å²) in [6.45, 7) is 3.90. The van der Waals surface area contributed by atoms with Crippen LogP contribution in [0.25, 0.3) is 11.6 Å². The third kappa shape index (κ3) is 4.96. The van der Waals surface area contributed by atoms with Crippen molar-refractivity contribution in [3.05, 3.63) is 64.2 Å². The third-order valence-electron chi connectivity index (χ3n) is 8.49. The monoisotopic (exact) mass is 492 g/mol. The SMILES string of the molecule is COCCOCc1ccc(/C(C)=C/c2ccc(C(=O)O)cc2)c(S)c1C12CC3CC(CC(C3)C1)C2. The Bertz CT molecular complexity index is 1080. The van der Waals surface area contributed by atoms with Gasteiger partial charge in [-0.1, -0.05) is 30.3 Å². The molecule has 4 bridgehead atoms. The highest BCUT2D eigenvalue weighted by Crippen LogP contribution is 2.62. The van der Waals surface area contributed by atoms with Gasteiger partial charge in [-0.3, -0.25) is 0 Å². The van der Waals surface area contributed by atoms with Crippen LogP contribution in [0.4, 0.5) is 0 Å². The first-order chi connectivity index (χ1) is 16.9. The fourth-order valence-corrected chi connectivity index (χ4v) is 8.09. The average molecular weight is 493 g/mol. The maximum atomic E-state index is 11.2. The van der Waals surface area contributed by atoms with Gasteiger partial charge in [0.15, 0.2) is 0 Å². The lowest BCUT2D eigenvalue weighted by atomic mass is 9.47. The van der Waals surface area contributed by atoms with Crippen molar-refractivity contribution < 1.29 is 19.4 Å². The van der Waals surface area contributed by atoms with Gasteiger partial charge >= 0.3 is 5.97 Å². The van der Waals surface area contributed by atoms with Crippen LogP contribution in [0.15, 0.2) is 41.3 Å². The number of hydrogen-bond donors (Lipinski definition) is 2. The van der Waals surface area contributed by atoms with Gasteiger partial charge in [-0.15, -0.1) is 12.6 Å². The summed E-state index contributed by atoms with van der Waals surface area (Å²) >= 11 is 5.21. The fraction of sp³-hybridized carbons (Fsp3) is 0.500. The first-order valence-corrected chi connectivity index (χ1v) is 13.3. The van der Waals surface area contributed by atoms with E-state index in [-0.39, 0.29) is 5.41 Å². The summed E-state index contributed by atoms with van der Waals surface area (Å²) in [7, 11) is 1.70. The molecular weight excluding hydrogens is 456 g/mol. The molecule has 0 amide bonds. The van der Waals surface area contributed by atoms with Gasteiger partial charge < -0.3 is 14.6 Å². The number of carbonyl (C=O) groups is 1. The van der Waals surface area contributed by atoms with Gasteiger partial charge in [-0.05, 0) is 109 Å². The molecule has 4 saturated carbocycles. The molecule has 35 heavy (non-hydrogen) atoms. The number of thiol groups is 1. The molecule has 0 radical (unpaired) electrons. The zero-order chi connectivity index (χ0) is 24.6. The number of ether oxygens (including phenoxy) is 2. The maximum Gasteiger partial charge on any atom is 0.335 e. The van der Waals surface area contributed by atoms with E-state index in [1.165, 1.54) is 49.7 Å². The quantitative estimate of drug-likeness (QED) is 0.228. The zero-order valence-electron chi connectivity index (χ0n) is 20.8. The standard InChI is InChI=1S/C30H36O4S/c1-19(11-20-3-5-24(6-4-20)29(31)32)26-8-7-25(18-34-10-9-33-2)27(28(26)35)30-15-21-12-22(16-30)14-23(13-21)17-30/h3-8,11,21-23,35H,9-10,12-18H2,1-2H3,(H,31,32)/b19-11+. The molecule has 4 fully saturated rings. The molecule has 0 heterocycles. The predicted molar refractivity (Wildman–Crippen MR) is 142 cm³/mol. The van der Waals surface area contributed by atoms with E-state index < -0.39 is 5.97 Å². The number of carboxylic acids is 1. The van der Waals surface area contributed by atoms with Gasteiger partial charge in [-0.25, -0.2) is 4.79 Å². The molecule has 2 aromatic rings. The molecule has 6 rings (SSSR count). The van der Waals surface area contributed by atoms with Crippen molar-refractivity contribution >= 4 is 30.2 Å². The molecule has 0 atom stereocenters. The van der Waals surface area contributed by atoms with Gasteiger partial charge in [0.2, 0.25) is 0 Å². The van der Waals surface area contributed by atoms with Crippen LogP contribution in [0.5, 0.6) is 0 Å². The van der Waals surface area contributed by atoms with Crippen LogP contribution in [0.2, 0.25) is 0 Å². The van der Waals surface area contributed by atoms with E-state index >= 15 is 0 Å². The molecule has 4 aliphatic carbocycles. The number of aromatic carboxylic acids is 1. The molecule has 186 valence electrons. The summed E-state index contributed by atoms with van der Waals surface area (Å²) in [6.07, 6.45) is 10.2. The second-order valence-corrected chi connectivity index (χ2v) is 11.4. The third-order valence-corrected chi connectivity index (χ3v) is 8.95. The molecule has 5 heteroatoms. The zero-order valence-corrected chi connectivity index (χ0v) is 21.7. The molecule has 4 aliphatic rings. The van der Waals surface area contributed by atoms with Crippen LogP contribution >= 0.6 is 12.6 Å². The van der Waals surface area contributed by atoms with Crippen LogP contribution in [0.1, 0.15) is 78.1 Å². The number of methoxy groups -OCH3 is 1. The Kier molecular flexibility index (Phi) is 7.11. The molecule has 4 nitrogen and oxygen atoms in total. The fourth-order valence-electron chi connectivity index (χ4n) is 7.45. The minimum atomic E-state index is -0.904. The van der Waals surface area contributed by atoms with Crippen molar-refractivity contribution in [1.29, 1.82) is 0 Å². The Morgan fingerprint density at radius 1 is 1.03 bits per heavy atom. The molecule has 0 aromatic heterocycles. The van der Waals surface area contributed by atoms with Crippen LogP contribution in [-0.2, 0) is 21.5 Å². The normalized spacial score (nSPS) is 27.4. The highest BCUT2D eigenvalue weighted by molar-refractivity contribution is 7.80. The van der Waals surface area contributed by atoms with Crippen LogP contribution < -0.4 is 0 Å². The van der Waals surface area contributed by atoms with Crippen molar-refractivity contribution in [3.8, 4) is 0 Å². The molecular formula is C30H36O4S. The van der Waals surface area contributed by atoms with Crippen LogP contribution in [0, 0.1) is 17.8 Å². The van der Waals surface area contributed by atoms with Gasteiger partial charge in [0, 0.05) is 12.0 Å². The Morgan fingerprint density at radius 3 is 2.23 bits per heavy atom. The van der Waals surface area contributed by atoms with E-state index in [0.717, 1.165) is 39.3 Å². The van der Waals surface area contributed by atoms with Crippen molar-refractivity contribution in [3.63, 3.8) is 0 Å². The number of hydrogen-bond acceptors (Lipinski definition) is 4. The summed E-state index contributed by atoms with van der Waals surface area (Å²) in [6, 6.07) is 11.5. The maximum absolute atomic E-state index is 11.2. The second kappa shape index (κ2) is 10.1. The summed E-state index contributed by atoms with van der Waals surface area (Å²) in [4.78, 5) is 12.3. The van der Waals surface area contributed by atoms with Crippen LogP contribution in [-0.4, -0.2) is 31.4 Å². The Morgan fingerprint density at radius 2 is 1.66 bits per heavy atom.